The lowest BCUT2D eigenvalue weighted by atomic mass is 9.79. The molecule has 3 aliphatic rings. The molecule has 73 heavy (non-hydrogen) atoms. The fourth-order valence-corrected chi connectivity index (χ4v) is 10.4. The number of Topliss-reactive ketones (excluding diaryl/α,β-unsaturated/α-hetero) is 3. The van der Waals surface area contributed by atoms with Crippen molar-refractivity contribution in [1.82, 2.24) is 0 Å². The molecule has 372 valence electrons. The molecule has 4 aromatic carbocycles. The summed E-state index contributed by atoms with van der Waals surface area (Å²) < 4.78 is 0. The third-order valence-electron chi connectivity index (χ3n) is 14.0. The first-order chi connectivity index (χ1) is 35.4. The van der Waals surface area contributed by atoms with E-state index in [-0.39, 0.29) is 17.3 Å². The van der Waals surface area contributed by atoms with E-state index in [4.69, 9.17) is 9.98 Å². The number of unbranched alkanes of at least 4 members (excludes halogenated alkanes) is 1. The zero-order valence-corrected chi connectivity index (χ0v) is 44.5. The van der Waals surface area contributed by atoms with Gasteiger partial charge in [-0.1, -0.05) is 187 Å². The molecule has 2 heterocycles. The first-order valence-corrected chi connectivity index (χ1v) is 26.5. The Labute approximate surface area is 435 Å². The summed E-state index contributed by atoms with van der Waals surface area (Å²) in [5.41, 5.74) is 17.9. The summed E-state index contributed by atoms with van der Waals surface area (Å²) >= 11 is 0. The molecule has 5 nitrogen and oxygen atoms in total. The predicted molar refractivity (Wildman–Crippen MR) is 308 cm³/mol. The van der Waals surface area contributed by atoms with Crippen LogP contribution < -0.4 is 0 Å². The molecule has 0 aromatic heterocycles. The van der Waals surface area contributed by atoms with Crippen LogP contribution in [-0.4, -0.2) is 35.3 Å². The molecule has 0 N–H and O–H groups in total. The molecular formula is C68H72N2O3. The van der Waals surface area contributed by atoms with Crippen molar-refractivity contribution in [2.75, 3.05) is 6.54 Å². The number of ketones is 3. The maximum Gasteiger partial charge on any atom is 0.163 e. The van der Waals surface area contributed by atoms with E-state index in [2.05, 4.69) is 95.8 Å². The van der Waals surface area contributed by atoms with Gasteiger partial charge >= 0.3 is 0 Å². The van der Waals surface area contributed by atoms with Crippen LogP contribution in [0.15, 0.2) is 224 Å². The number of rotatable bonds is 23. The van der Waals surface area contributed by atoms with E-state index in [1.807, 2.05) is 105 Å². The smallest absolute Gasteiger partial charge is 0.163 e. The summed E-state index contributed by atoms with van der Waals surface area (Å²) in [5.74, 6) is -0.156. The van der Waals surface area contributed by atoms with Gasteiger partial charge in [-0.2, -0.15) is 0 Å². The largest absolute Gasteiger partial charge is 0.294 e. The molecule has 4 aromatic rings. The Kier molecular flexibility index (Phi) is 18.5. The fourth-order valence-electron chi connectivity index (χ4n) is 10.4. The van der Waals surface area contributed by atoms with Crippen molar-refractivity contribution < 1.29 is 14.4 Å². The SMILES string of the molecule is C=C(/C(CCC)=C(C(=O)CC)/C(C(C)=C1CC1)=C(C)/C(=C1/C=CC(C(=C(C)/C(C(C)=O)=C(C(=O)CCCC)\C(CCC)=C(\C2=NCC=C2)c2ccccc2)/c2ccccc2)=N1)c1ccccc1)c1ccccc1. The Balaban J connectivity index is 1.60. The van der Waals surface area contributed by atoms with Crippen molar-refractivity contribution in [3.63, 3.8) is 0 Å². The van der Waals surface area contributed by atoms with Crippen LogP contribution in [0.2, 0.25) is 0 Å². The number of carbonyl (C=O) groups is 3. The van der Waals surface area contributed by atoms with E-state index >= 15 is 4.79 Å². The maximum absolute atomic E-state index is 15.2. The Bertz CT molecular complexity index is 3110. The summed E-state index contributed by atoms with van der Waals surface area (Å²) in [5, 5.41) is 0. The molecule has 0 radical (unpaired) electrons. The molecule has 7 rings (SSSR count). The molecule has 0 atom stereocenters. The average molecular weight is 965 g/mol. The van der Waals surface area contributed by atoms with E-state index in [9.17, 15) is 9.59 Å². The first-order valence-electron chi connectivity index (χ1n) is 26.5. The average Bonchev–Trinajstić information content (AvgIpc) is 3.93. The van der Waals surface area contributed by atoms with Crippen molar-refractivity contribution in [1.29, 1.82) is 0 Å². The van der Waals surface area contributed by atoms with Crippen LogP contribution in [-0.2, 0) is 14.4 Å². The third-order valence-corrected chi connectivity index (χ3v) is 14.0. The van der Waals surface area contributed by atoms with Crippen LogP contribution >= 0.6 is 0 Å². The molecule has 1 saturated carbocycles. The second-order valence-electron chi connectivity index (χ2n) is 19.2. The van der Waals surface area contributed by atoms with Gasteiger partial charge in [0.2, 0.25) is 0 Å². The summed E-state index contributed by atoms with van der Waals surface area (Å²) in [4.78, 5) is 55.2. The first kappa shape index (κ1) is 53.4. The minimum Gasteiger partial charge on any atom is -0.294 e. The Morgan fingerprint density at radius 3 is 1.58 bits per heavy atom. The van der Waals surface area contributed by atoms with Crippen LogP contribution in [0.4, 0.5) is 0 Å². The summed E-state index contributed by atoms with van der Waals surface area (Å²) in [6.45, 7) is 21.4. The highest BCUT2D eigenvalue weighted by Gasteiger charge is 2.32. The topological polar surface area (TPSA) is 75.9 Å². The van der Waals surface area contributed by atoms with Crippen LogP contribution in [0.5, 0.6) is 0 Å². The zero-order chi connectivity index (χ0) is 52.0. The Morgan fingerprint density at radius 1 is 0.521 bits per heavy atom. The van der Waals surface area contributed by atoms with Gasteiger partial charge in [0.25, 0.3) is 0 Å². The maximum atomic E-state index is 15.2. The number of allylic oxidation sites excluding steroid dienone is 17. The lowest BCUT2D eigenvalue weighted by Crippen LogP contribution is -2.18. The monoisotopic (exact) mass is 965 g/mol. The van der Waals surface area contributed by atoms with Gasteiger partial charge in [-0.3, -0.25) is 19.4 Å². The number of aliphatic imine (C=N–C) groups is 2. The van der Waals surface area contributed by atoms with Crippen molar-refractivity contribution >= 4 is 51.1 Å². The lowest BCUT2D eigenvalue weighted by molar-refractivity contribution is -0.117. The van der Waals surface area contributed by atoms with Gasteiger partial charge in [-0.05, 0) is 139 Å². The minimum absolute atomic E-state index is 0.0505. The second kappa shape index (κ2) is 25.3. The van der Waals surface area contributed by atoms with E-state index < -0.39 is 0 Å². The third kappa shape index (κ3) is 12.3. The molecule has 2 aliphatic heterocycles. The van der Waals surface area contributed by atoms with Gasteiger partial charge in [0.1, 0.15) is 0 Å². The highest BCUT2D eigenvalue weighted by molar-refractivity contribution is 6.35. The second-order valence-corrected chi connectivity index (χ2v) is 19.2. The molecule has 0 saturated heterocycles. The van der Waals surface area contributed by atoms with Crippen LogP contribution in [0.3, 0.4) is 0 Å². The number of nitrogens with zero attached hydrogens (tertiary/aromatic N) is 2. The van der Waals surface area contributed by atoms with Crippen molar-refractivity contribution in [3.05, 3.63) is 236 Å². The standard InChI is InChI=1S/C68H72N2O3/c1-10-14-39-61(73)68(56(29-12-3)66(57-38-27-44-69-57)54-36-25-18-26-37-54)63(49(9)71)48(8)65(53-34-23-17-24-35-53)59-43-42-58(70-59)64(52-32-21-16-22-33-52)47(7)62(46(6)51-40-41-51)67(60(72)13-4)55(28-11-2)45(5)50-30-19-15-20-31-50/h15-27,30-38,42-43H,5,10-14,28-29,39-41,44H2,1-4,6-9H3/b62-47+,64-58+,65-48+,66-56+,67-55+,68-63-. The van der Waals surface area contributed by atoms with Gasteiger partial charge in [0.15, 0.2) is 17.3 Å². The van der Waals surface area contributed by atoms with Crippen LogP contribution in [0, 0.1) is 0 Å². The van der Waals surface area contributed by atoms with Gasteiger partial charge < -0.3 is 0 Å². The van der Waals surface area contributed by atoms with E-state index in [1.54, 1.807) is 6.92 Å². The Hall–Kier alpha value is -7.37. The quantitative estimate of drug-likeness (QED) is 0.0549. The molecule has 0 bridgehead atoms. The van der Waals surface area contributed by atoms with Gasteiger partial charge in [-0.25, -0.2) is 4.99 Å². The predicted octanol–water partition coefficient (Wildman–Crippen LogP) is 17.0. The number of benzene rings is 4. The van der Waals surface area contributed by atoms with Crippen LogP contribution in [0.1, 0.15) is 142 Å². The molecular weight excluding hydrogens is 893 g/mol. The van der Waals surface area contributed by atoms with Crippen molar-refractivity contribution in [2.45, 2.75) is 120 Å². The molecule has 0 spiro atoms. The molecule has 0 amide bonds. The van der Waals surface area contributed by atoms with Crippen molar-refractivity contribution in [3.8, 4) is 0 Å². The number of hydrogen-bond acceptors (Lipinski definition) is 5. The van der Waals surface area contributed by atoms with E-state index in [0.717, 1.165) is 121 Å². The van der Waals surface area contributed by atoms with Gasteiger partial charge in [0, 0.05) is 46.3 Å². The molecule has 0 unspecified atom stereocenters. The number of hydrogen-bond donors (Lipinski definition) is 0. The summed E-state index contributed by atoms with van der Waals surface area (Å²) in [6.07, 6.45) is 15.2. The van der Waals surface area contributed by atoms with Gasteiger partial charge in [-0.15, -0.1) is 0 Å². The van der Waals surface area contributed by atoms with Gasteiger partial charge in [0.05, 0.1) is 23.7 Å². The minimum atomic E-state index is -0.189. The highest BCUT2D eigenvalue weighted by atomic mass is 16.1. The normalized spacial score (nSPS) is 16.4. The molecule has 1 fully saturated rings. The molecule has 5 heteroatoms. The highest BCUT2D eigenvalue weighted by Crippen LogP contribution is 2.46. The molecule has 1 aliphatic carbocycles. The van der Waals surface area contributed by atoms with E-state index in [0.29, 0.717) is 61.1 Å². The summed E-state index contributed by atoms with van der Waals surface area (Å²) in [6, 6.07) is 40.8. The lowest BCUT2D eigenvalue weighted by Gasteiger charge is -2.24. The van der Waals surface area contributed by atoms with Crippen LogP contribution in [0.25, 0.3) is 22.3 Å². The van der Waals surface area contributed by atoms with E-state index in [1.165, 1.54) is 5.57 Å². The zero-order valence-electron chi connectivity index (χ0n) is 44.5. The Morgan fingerprint density at radius 2 is 1.07 bits per heavy atom. The van der Waals surface area contributed by atoms with Crippen molar-refractivity contribution in [2.24, 2.45) is 9.98 Å². The number of carbonyl (C=O) groups excluding carboxylic acids is 3. The fraction of sp³-hybridized carbons (Fsp3) is 0.279. The summed E-state index contributed by atoms with van der Waals surface area (Å²) in [7, 11) is 0.